The molecule has 2 aromatic carbocycles. The van der Waals surface area contributed by atoms with Crippen LogP contribution in [0.15, 0.2) is 48.5 Å². The second-order valence-electron chi connectivity index (χ2n) is 8.77. The van der Waals surface area contributed by atoms with Crippen molar-refractivity contribution in [2.75, 3.05) is 26.2 Å². The normalized spacial score (nSPS) is 21.1. The van der Waals surface area contributed by atoms with Crippen molar-refractivity contribution in [1.82, 2.24) is 15.5 Å². The lowest BCUT2D eigenvalue weighted by atomic mass is 9.60. The van der Waals surface area contributed by atoms with Crippen molar-refractivity contribution in [2.45, 2.75) is 31.7 Å². The average molecular weight is 389 g/mol. The second kappa shape index (κ2) is 7.30. The molecule has 3 aliphatic rings. The van der Waals surface area contributed by atoms with E-state index in [9.17, 15) is 9.59 Å². The van der Waals surface area contributed by atoms with E-state index in [1.54, 1.807) is 4.90 Å². The quantitative estimate of drug-likeness (QED) is 0.777. The zero-order valence-electron chi connectivity index (χ0n) is 16.6. The first-order valence-corrected chi connectivity index (χ1v) is 10.6. The topological polar surface area (TPSA) is 61.4 Å². The zero-order valence-corrected chi connectivity index (χ0v) is 16.6. The summed E-state index contributed by atoms with van der Waals surface area (Å²) in [7, 11) is 0. The molecule has 2 aromatic rings. The Kier molecular flexibility index (Phi) is 4.63. The van der Waals surface area contributed by atoms with Crippen LogP contribution in [0.5, 0.6) is 0 Å². The van der Waals surface area contributed by atoms with E-state index in [0.717, 1.165) is 37.1 Å². The molecule has 1 saturated heterocycles. The molecule has 0 bridgehead atoms. The lowest BCUT2D eigenvalue weighted by molar-refractivity contribution is -0.146. The van der Waals surface area contributed by atoms with Crippen LogP contribution in [-0.4, -0.2) is 48.9 Å². The number of hydrogen-bond donors (Lipinski definition) is 2. The fourth-order valence-corrected chi connectivity index (χ4v) is 5.25. The molecular formula is C24H27N3O2. The molecule has 0 atom stereocenters. The SMILES string of the molecule is O=C(NC1CC2(CCNCC2)C1)C(=O)N1CC=C(c2cccc3ccccc23)C1. The zero-order chi connectivity index (χ0) is 19.8. The lowest BCUT2D eigenvalue weighted by Gasteiger charge is -2.50. The highest BCUT2D eigenvalue weighted by Gasteiger charge is 2.45. The highest BCUT2D eigenvalue weighted by atomic mass is 16.2. The number of benzene rings is 2. The maximum absolute atomic E-state index is 12.7. The third kappa shape index (κ3) is 3.44. The largest absolute Gasteiger partial charge is 0.345 e. The van der Waals surface area contributed by atoms with Gasteiger partial charge in [-0.15, -0.1) is 0 Å². The minimum absolute atomic E-state index is 0.151. The highest BCUT2D eigenvalue weighted by molar-refractivity contribution is 6.35. The molecule has 5 nitrogen and oxygen atoms in total. The molecule has 1 spiro atoms. The van der Waals surface area contributed by atoms with Gasteiger partial charge in [-0.05, 0) is 66.1 Å². The standard InChI is InChI=1S/C24H27N3O2/c28-22(26-19-14-24(15-19)9-11-25-12-10-24)23(29)27-13-8-18(16-27)21-7-3-5-17-4-1-2-6-20(17)21/h1-8,19,25H,9-16H2,(H,26,28). The van der Waals surface area contributed by atoms with Crippen molar-refractivity contribution >= 4 is 28.2 Å². The number of hydrogen-bond acceptors (Lipinski definition) is 3. The minimum atomic E-state index is -0.452. The van der Waals surface area contributed by atoms with Crippen LogP contribution in [0.25, 0.3) is 16.3 Å². The van der Waals surface area contributed by atoms with E-state index in [0.29, 0.717) is 18.5 Å². The van der Waals surface area contributed by atoms with Crippen LogP contribution in [0.2, 0.25) is 0 Å². The molecular weight excluding hydrogens is 362 g/mol. The van der Waals surface area contributed by atoms with E-state index in [1.165, 1.54) is 23.6 Å². The van der Waals surface area contributed by atoms with Crippen LogP contribution in [0.3, 0.4) is 0 Å². The Hall–Kier alpha value is -2.66. The smallest absolute Gasteiger partial charge is 0.312 e. The van der Waals surface area contributed by atoms with Gasteiger partial charge >= 0.3 is 11.8 Å². The molecule has 1 saturated carbocycles. The van der Waals surface area contributed by atoms with E-state index < -0.39 is 11.8 Å². The first-order valence-electron chi connectivity index (χ1n) is 10.6. The summed E-state index contributed by atoms with van der Waals surface area (Å²) in [6, 6.07) is 14.7. The fourth-order valence-electron chi connectivity index (χ4n) is 5.25. The number of rotatable bonds is 2. The fraction of sp³-hybridized carbons (Fsp3) is 0.417. The van der Waals surface area contributed by atoms with Gasteiger partial charge in [0.05, 0.1) is 0 Å². The molecule has 1 aliphatic carbocycles. The summed E-state index contributed by atoms with van der Waals surface area (Å²) in [5.41, 5.74) is 2.65. The van der Waals surface area contributed by atoms with Crippen LogP contribution >= 0.6 is 0 Å². The van der Waals surface area contributed by atoms with Crippen LogP contribution in [-0.2, 0) is 9.59 Å². The summed E-state index contributed by atoms with van der Waals surface area (Å²) >= 11 is 0. The van der Waals surface area contributed by atoms with E-state index >= 15 is 0 Å². The predicted molar refractivity (Wildman–Crippen MR) is 114 cm³/mol. The Bertz CT molecular complexity index is 977. The Morgan fingerprint density at radius 3 is 2.62 bits per heavy atom. The van der Waals surface area contributed by atoms with Crippen molar-refractivity contribution in [2.24, 2.45) is 5.41 Å². The summed E-state index contributed by atoms with van der Waals surface area (Å²) in [5.74, 6) is -0.867. The van der Waals surface area contributed by atoms with Crippen LogP contribution < -0.4 is 10.6 Å². The van der Waals surface area contributed by atoms with Crippen molar-refractivity contribution in [3.63, 3.8) is 0 Å². The van der Waals surface area contributed by atoms with E-state index in [1.807, 2.05) is 18.2 Å². The molecule has 5 rings (SSSR count). The van der Waals surface area contributed by atoms with Gasteiger partial charge in [-0.2, -0.15) is 0 Å². The molecule has 0 radical (unpaired) electrons. The van der Waals surface area contributed by atoms with Crippen molar-refractivity contribution < 1.29 is 9.59 Å². The predicted octanol–water partition coefficient (Wildman–Crippen LogP) is 2.71. The Balaban J connectivity index is 1.20. The molecule has 150 valence electrons. The molecule has 2 N–H and O–H groups in total. The van der Waals surface area contributed by atoms with Gasteiger partial charge in [-0.1, -0.05) is 48.5 Å². The average Bonchev–Trinajstić information content (AvgIpc) is 3.22. The van der Waals surface area contributed by atoms with E-state index in [-0.39, 0.29) is 6.04 Å². The van der Waals surface area contributed by atoms with E-state index in [4.69, 9.17) is 0 Å². The van der Waals surface area contributed by atoms with Gasteiger partial charge in [-0.3, -0.25) is 9.59 Å². The number of carbonyl (C=O) groups is 2. The Morgan fingerprint density at radius 2 is 1.79 bits per heavy atom. The molecule has 2 fully saturated rings. The van der Waals surface area contributed by atoms with Gasteiger partial charge in [-0.25, -0.2) is 0 Å². The summed E-state index contributed by atoms with van der Waals surface area (Å²) in [6.45, 7) is 3.11. The first-order chi connectivity index (χ1) is 14.1. The Labute approximate surface area is 171 Å². The van der Waals surface area contributed by atoms with Crippen LogP contribution in [0.1, 0.15) is 31.2 Å². The van der Waals surface area contributed by atoms with Gasteiger partial charge in [0.2, 0.25) is 0 Å². The third-order valence-corrected chi connectivity index (χ3v) is 6.89. The number of nitrogens with zero attached hydrogens (tertiary/aromatic N) is 1. The summed E-state index contributed by atoms with van der Waals surface area (Å²) in [6.07, 6.45) is 6.44. The van der Waals surface area contributed by atoms with Gasteiger partial charge in [0.15, 0.2) is 0 Å². The van der Waals surface area contributed by atoms with Crippen molar-refractivity contribution in [3.05, 3.63) is 54.1 Å². The molecule has 0 aromatic heterocycles. The number of nitrogens with one attached hydrogen (secondary N) is 2. The number of piperidine rings is 1. The summed E-state index contributed by atoms with van der Waals surface area (Å²) in [5, 5.41) is 8.74. The van der Waals surface area contributed by atoms with Crippen molar-refractivity contribution in [3.8, 4) is 0 Å². The summed E-state index contributed by atoms with van der Waals surface area (Å²) < 4.78 is 0. The number of carbonyl (C=O) groups excluding carboxylic acids is 2. The Morgan fingerprint density at radius 1 is 1.03 bits per heavy atom. The van der Waals surface area contributed by atoms with Gasteiger partial charge in [0.25, 0.3) is 0 Å². The van der Waals surface area contributed by atoms with Gasteiger partial charge in [0, 0.05) is 19.1 Å². The molecule has 29 heavy (non-hydrogen) atoms. The van der Waals surface area contributed by atoms with E-state index in [2.05, 4.69) is 41.0 Å². The second-order valence-corrected chi connectivity index (χ2v) is 8.77. The maximum atomic E-state index is 12.7. The molecule has 0 unspecified atom stereocenters. The molecule has 2 heterocycles. The maximum Gasteiger partial charge on any atom is 0.312 e. The number of fused-ring (bicyclic) bond motifs is 1. The molecule has 5 heteroatoms. The number of amides is 2. The third-order valence-electron chi connectivity index (χ3n) is 6.89. The summed E-state index contributed by atoms with van der Waals surface area (Å²) in [4.78, 5) is 26.9. The van der Waals surface area contributed by atoms with Gasteiger partial charge < -0.3 is 15.5 Å². The van der Waals surface area contributed by atoms with Crippen LogP contribution in [0, 0.1) is 5.41 Å². The van der Waals surface area contributed by atoms with Crippen LogP contribution in [0.4, 0.5) is 0 Å². The monoisotopic (exact) mass is 389 g/mol. The minimum Gasteiger partial charge on any atom is -0.345 e. The first kappa shape index (κ1) is 18.4. The molecule has 2 amide bonds. The highest BCUT2D eigenvalue weighted by Crippen LogP contribution is 2.47. The van der Waals surface area contributed by atoms with Crippen molar-refractivity contribution in [1.29, 1.82) is 0 Å². The molecule has 2 aliphatic heterocycles. The lowest BCUT2D eigenvalue weighted by Crippen LogP contribution is -2.56. The van der Waals surface area contributed by atoms with Gasteiger partial charge in [0.1, 0.15) is 0 Å².